The Morgan fingerprint density at radius 2 is 2.23 bits per heavy atom. The maximum Gasteiger partial charge on any atom is 0.180 e. The summed E-state index contributed by atoms with van der Waals surface area (Å²) in [6, 6.07) is 8.29. The van der Waals surface area contributed by atoms with E-state index in [1.54, 1.807) is 11.3 Å². The van der Waals surface area contributed by atoms with Gasteiger partial charge in [-0.05, 0) is 49.3 Å². The minimum absolute atomic E-state index is 0.342. The van der Waals surface area contributed by atoms with E-state index in [0.29, 0.717) is 5.13 Å². The second-order valence-corrected chi connectivity index (χ2v) is 7.65. The maximum absolute atomic E-state index is 6.72. The van der Waals surface area contributed by atoms with Gasteiger partial charge in [-0.25, -0.2) is 4.98 Å². The molecule has 22 heavy (non-hydrogen) atoms. The number of nitrogens with two attached hydrogens (primary N) is 2. The number of aromatic nitrogens is 1. The zero-order chi connectivity index (χ0) is 15.2. The van der Waals surface area contributed by atoms with Crippen LogP contribution in [0, 0.1) is 5.92 Å². The molecule has 1 saturated carbocycles. The van der Waals surface area contributed by atoms with Crippen LogP contribution in [0.2, 0.25) is 0 Å². The molecule has 1 aromatic heterocycles. The minimum Gasteiger partial charge on any atom is -0.493 e. The van der Waals surface area contributed by atoms with E-state index >= 15 is 0 Å². The fourth-order valence-corrected chi connectivity index (χ4v) is 4.10. The van der Waals surface area contributed by atoms with Crippen LogP contribution >= 0.6 is 11.3 Å². The molecule has 0 aliphatic heterocycles. The number of anilines is 1. The van der Waals surface area contributed by atoms with Crippen molar-refractivity contribution in [3.8, 4) is 5.75 Å². The van der Waals surface area contributed by atoms with E-state index in [-0.39, 0.29) is 5.54 Å². The number of hydrogen-bond donors (Lipinski definition) is 2. The highest BCUT2D eigenvalue weighted by Crippen LogP contribution is 2.38. The number of aryl methyl sites for hydroxylation is 1. The summed E-state index contributed by atoms with van der Waals surface area (Å²) < 4.78 is 5.89. The molecule has 0 bridgehead atoms. The van der Waals surface area contributed by atoms with Crippen molar-refractivity contribution in [2.24, 2.45) is 11.7 Å². The largest absolute Gasteiger partial charge is 0.493 e. The van der Waals surface area contributed by atoms with E-state index in [1.165, 1.54) is 17.7 Å². The third kappa shape index (κ3) is 2.71. The quantitative estimate of drug-likeness (QED) is 0.910. The molecule has 4 nitrogen and oxygen atoms in total. The van der Waals surface area contributed by atoms with Gasteiger partial charge in [0.25, 0.3) is 0 Å². The topological polar surface area (TPSA) is 74.2 Å². The first-order chi connectivity index (χ1) is 10.6. The highest BCUT2D eigenvalue weighted by Gasteiger charge is 2.34. The summed E-state index contributed by atoms with van der Waals surface area (Å²) >= 11 is 1.57. The molecule has 2 aromatic rings. The number of nitrogens with zero attached hydrogens (tertiary/aromatic N) is 1. The number of hydrogen-bond acceptors (Lipinski definition) is 5. The molecule has 2 aliphatic rings. The molecule has 0 saturated heterocycles. The number of nitrogen functional groups attached to an aromatic ring is 1. The molecule has 1 aromatic carbocycles. The lowest BCUT2D eigenvalue weighted by Gasteiger charge is -2.33. The summed E-state index contributed by atoms with van der Waals surface area (Å²) in [5.74, 6) is 1.69. The highest BCUT2D eigenvalue weighted by atomic mass is 32.1. The van der Waals surface area contributed by atoms with Crippen LogP contribution in [0.1, 0.15) is 35.4 Å². The second kappa shape index (κ2) is 5.25. The zero-order valence-corrected chi connectivity index (χ0v) is 13.4. The van der Waals surface area contributed by atoms with E-state index in [9.17, 15) is 0 Å². The zero-order valence-electron chi connectivity index (χ0n) is 12.5. The van der Waals surface area contributed by atoms with Crippen molar-refractivity contribution in [2.45, 2.75) is 37.6 Å². The van der Waals surface area contributed by atoms with Crippen LogP contribution in [0.5, 0.6) is 5.75 Å². The monoisotopic (exact) mass is 315 g/mol. The van der Waals surface area contributed by atoms with Crippen molar-refractivity contribution in [3.63, 3.8) is 0 Å². The van der Waals surface area contributed by atoms with Crippen molar-refractivity contribution < 1.29 is 4.74 Å². The SMILES string of the molecule is Nc1nc2c(s1)CC(N)(c1cccc(OCC3CC3)c1)CC2. The Hall–Kier alpha value is -1.59. The van der Waals surface area contributed by atoms with Crippen LogP contribution in [-0.4, -0.2) is 11.6 Å². The van der Waals surface area contributed by atoms with Gasteiger partial charge in [-0.2, -0.15) is 0 Å². The van der Waals surface area contributed by atoms with Gasteiger partial charge in [-0.1, -0.05) is 12.1 Å². The molecule has 1 fully saturated rings. The first-order valence-electron chi connectivity index (χ1n) is 7.89. The smallest absolute Gasteiger partial charge is 0.180 e. The van der Waals surface area contributed by atoms with Crippen molar-refractivity contribution in [1.82, 2.24) is 4.98 Å². The molecule has 1 atom stereocenters. The number of benzene rings is 1. The molecular formula is C17H21N3OS. The first kappa shape index (κ1) is 14.0. The van der Waals surface area contributed by atoms with Gasteiger partial charge >= 0.3 is 0 Å². The third-order valence-corrected chi connectivity index (χ3v) is 5.60. The van der Waals surface area contributed by atoms with Gasteiger partial charge in [0.2, 0.25) is 0 Å². The number of ether oxygens (including phenoxy) is 1. The molecule has 0 amide bonds. The van der Waals surface area contributed by atoms with E-state index in [1.807, 2.05) is 12.1 Å². The summed E-state index contributed by atoms with van der Waals surface area (Å²) in [6.45, 7) is 0.830. The fourth-order valence-electron chi connectivity index (χ4n) is 3.09. The average molecular weight is 315 g/mol. The predicted octanol–water partition coefficient (Wildman–Crippen LogP) is 2.86. The van der Waals surface area contributed by atoms with Crippen molar-refractivity contribution in [2.75, 3.05) is 12.3 Å². The van der Waals surface area contributed by atoms with Crippen LogP contribution in [0.4, 0.5) is 5.13 Å². The minimum atomic E-state index is -0.342. The number of fused-ring (bicyclic) bond motifs is 1. The van der Waals surface area contributed by atoms with E-state index < -0.39 is 0 Å². The first-order valence-corrected chi connectivity index (χ1v) is 8.70. The molecule has 1 unspecified atom stereocenters. The van der Waals surface area contributed by atoms with Crippen LogP contribution in [0.15, 0.2) is 24.3 Å². The summed E-state index contributed by atoms with van der Waals surface area (Å²) in [6.07, 6.45) is 5.21. The van der Waals surface area contributed by atoms with Gasteiger partial charge in [0.15, 0.2) is 5.13 Å². The molecule has 1 heterocycles. The normalized spacial score (nSPS) is 24.0. The van der Waals surface area contributed by atoms with Gasteiger partial charge in [0.1, 0.15) is 5.75 Å². The van der Waals surface area contributed by atoms with Gasteiger partial charge < -0.3 is 16.2 Å². The summed E-state index contributed by atoms with van der Waals surface area (Å²) in [4.78, 5) is 5.63. The standard InChI is InChI=1S/C17H21N3OS/c18-16-20-14-6-7-17(19,9-15(14)22-16)12-2-1-3-13(8-12)21-10-11-4-5-11/h1-3,8,11H,4-7,9-10,19H2,(H2,18,20). The molecule has 116 valence electrons. The molecular weight excluding hydrogens is 294 g/mol. The lowest BCUT2D eigenvalue weighted by Crippen LogP contribution is -2.41. The summed E-state index contributed by atoms with van der Waals surface area (Å²) in [5.41, 5.74) is 14.5. The van der Waals surface area contributed by atoms with Crippen LogP contribution in [-0.2, 0) is 18.4 Å². The molecule has 0 radical (unpaired) electrons. The van der Waals surface area contributed by atoms with Crippen LogP contribution in [0.25, 0.3) is 0 Å². The Morgan fingerprint density at radius 1 is 1.36 bits per heavy atom. The second-order valence-electron chi connectivity index (χ2n) is 6.54. The Morgan fingerprint density at radius 3 is 3.05 bits per heavy atom. The van der Waals surface area contributed by atoms with Crippen molar-refractivity contribution in [1.29, 1.82) is 0 Å². The Bertz CT molecular complexity index is 695. The van der Waals surface area contributed by atoms with E-state index in [2.05, 4.69) is 17.1 Å². The molecule has 2 aliphatic carbocycles. The highest BCUT2D eigenvalue weighted by molar-refractivity contribution is 7.15. The Kier molecular flexibility index (Phi) is 3.35. The summed E-state index contributed by atoms with van der Waals surface area (Å²) in [7, 11) is 0. The molecule has 4 rings (SSSR count). The number of rotatable bonds is 4. The molecule has 5 heteroatoms. The molecule has 0 spiro atoms. The predicted molar refractivity (Wildman–Crippen MR) is 89.1 cm³/mol. The van der Waals surface area contributed by atoms with Gasteiger partial charge in [0.05, 0.1) is 12.3 Å². The Balaban J connectivity index is 1.56. The third-order valence-electron chi connectivity index (χ3n) is 4.67. The Labute approximate surface area is 134 Å². The fraction of sp³-hybridized carbons (Fsp3) is 0.471. The number of thiazole rings is 1. The van der Waals surface area contributed by atoms with Gasteiger partial charge in [-0.15, -0.1) is 11.3 Å². The van der Waals surface area contributed by atoms with Crippen LogP contribution in [0.3, 0.4) is 0 Å². The van der Waals surface area contributed by atoms with Crippen molar-refractivity contribution >= 4 is 16.5 Å². The van der Waals surface area contributed by atoms with Gasteiger partial charge in [0, 0.05) is 16.8 Å². The lowest BCUT2D eigenvalue weighted by atomic mass is 9.78. The van der Waals surface area contributed by atoms with E-state index in [0.717, 1.165) is 48.8 Å². The van der Waals surface area contributed by atoms with Gasteiger partial charge in [-0.3, -0.25) is 0 Å². The van der Waals surface area contributed by atoms with E-state index in [4.69, 9.17) is 16.2 Å². The van der Waals surface area contributed by atoms with Crippen molar-refractivity contribution in [3.05, 3.63) is 40.4 Å². The maximum atomic E-state index is 6.72. The average Bonchev–Trinajstić information content (AvgIpc) is 3.26. The molecule has 4 N–H and O–H groups in total. The lowest BCUT2D eigenvalue weighted by molar-refractivity contribution is 0.297. The van der Waals surface area contributed by atoms with Crippen LogP contribution < -0.4 is 16.2 Å². The summed E-state index contributed by atoms with van der Waals surface area (Å²) in [5, 5.41) is 0.649.